The van der Waals surface area contributed by atoms with Gasteiger partial charge in [-0.3, -0.25) is 9.59 Å². The van der Waals surface area contributed by atoms with Crippen LogP contribution in [0.1, 0.15) is 32.6 Å². The van der Waals surface area contributed by atoms with Crippen LogP contribution < -0.4 is 5.32 Å². The molecule has 1 unspecified atom stereocenters. The highest BCUT2D eigenvalue weighted by atomic mass is 16.5. The first kappa shape index (κ1) is 14.0. The number of hydrogen-bond donors (Lipinski definition) is 1. The number of carbonyl (C=O) groups excluding carboxylic acids is 2. The second-order valence-corrected chi connectivity index (χ2v) is 4.42. The summed E-state index contributed by atoms with van der Waals surface area (Å²) < 4.78 is 4.97. The summed E-state index contributed by atoms with van der Waals surface area (Å²) >= 11 is 0. The highest BCUT2D eigenvalue weighted by molar-refractivity contribution is 5.89. The maximum Gasteiger partial charge on any atom is 0.244 e. The molecule has 0 bridgehead atoms. The zero-order valence-electron chi connectivity index (χ0n) is 10.7. The smallest absolute Gasteiger partial charge is 0.244 e. The largest absolute Gasteiger partial charge is 0.385 e. The Labute approximate surface area is 102 Å². The van der Waals surface area contributed by atoms with E-state index in [0.717, 1.165) is 32.4 Å². The number of ether oxygens (including phenoxy) is 1. The molecule has 1 aliphatic heterocycles. The van der Waals surface area contributed by atoms with E-state index in [1.807, 2.05) is 0 Å². The summed E-state index contributed by atoms with van der Waals surface area (Å²) in [5, 5.41) is 2.68. The van der Waals surface area contributed by atoms with Gasteiger partial charge in [-0.1, -0.05) is 0 Å². The molecule has 98 valence electrons. The van der Waals surface area contributed by atoms with Crippen LogP contribution in [0.5, 0.6) is 0 Å². The van der Waals surface area contributed by atoms with Crippen LogP contribution in [-0.4, -0.2) is 49.6 Å². The predicted octanol–water partition coefficient (Wildman–Crippen LogP) is 0.540. The van der Waals surface area contributed by atoms with Crippen molar-refractivity contribution in [3.05, 3.63) is 0 Å². The molecule has 17 heavy (non-hydrogen) atoms. The molecule has 0 aromatic heterocycles. The zero-order valence-corrected chi connectivity index (χ0v) is 10.7. The van der Waals surface area contributed by atoms with Crippen LogP contribution in [0, 0.1) is 0 Å². The SMILES string of the molecule is COCCCCCN1CCC(=O)NC(C)C1=O. The number of methoxy groups -OCH3 is 1. The Morgan fingerprint density at radius 3 is 2.82 bits per heavy atom. The van der Waals surface area contributed by atoms with E-state index in [0.29, 0.717) is 13.0 Å². The molecule has 1 N–H and O–H groups in total. The summed E-state index contributed by atoms with van der Waals surface area (Å²) in [5.74, 6) is -0.00433. The molecular formula is C12H22N2O3. The third-order valence-electron chi connectivity index (χ3n) is 2.94. The van der Waals surface area contributed by atoms with E-state index >= 15 is 0 Å². The van der Waals surface area contributed by atoms with Crippen LogP contribution in [0.25, 0.3) is 0 Å². The van der Waals surface area contributed by atoms with Gasteiger partial charge in [0.1, 0.15) is 6.04 Å². The Kier molecular flexibility index (Phi) is 5.97. The minimum Gasteiger partial charge on any atom is -0.385 e. The molecule has 0 saturated carbocycles. The van der Waals surface area contributed by atoms with Gasteiger partial charge in [0.05, 0.1) is 0 Å². The lowest BCUT2D eigenvalue weighted by molar-refractivity contribution is -0.133. The minimum absolute atomic E-state index is 0.0302. The topological polar surface area (TPSA) is 58.6 Å². The first-order valence-corrected chi connectivity index (χ1v) is 6.22. The van der Waals surface area contributed by atoms with Crippen LogP contribution in [0.2, 0.25) is 0 Å². The zero-order chi connectivity index (χ0) is 12.7. The molecule has 0 aromatic carbocycles. The lowest BCUT2D eigenvalue weighted by Crippen LogP contribution is -2.42. The molecule has 1 saturated heterocycles. The summed E-state index contributed by atoms with van der Waals surface area (Å²) in [5.41, 5.74) is 0. The van der Waals surface area contributed by atoms with E-state index in [1.165, 1.54) is 0 Å². The fourth-order valence-electron chi connectivity index (χ4n) is 1.94. The predicted molar refractivity (Wildman–Crippen MR) is 64.5 cm³/mol. The summed E-state index contributed by atoms with van der Waals surface area (Å²) in [6.45, 7) is 3.79. The highest BCUT2D eigenvalue weighted by Crippen LogP contribution is 2.06. The Morgan fingerprint density at radius 1 is 1.35 bits per heavy atom. The molecule has 5 nitrogen and oxygen atoms in total. The van der Waals surface area contributed by atoms with Crippen molar-refractivity contribution in [1.82, 2.24) is 10.2 Å². The summed E-state index contributed by atoms with van der Waals surface area (Å²) in [6, 6.07) is -0.385. The van der Waals surface area contributed by atoms with Gasteiger partial charge in [-0.2, -0.15) is 0 Å². The van der Waals surface area contributed by atoms with Crippen molar-refractivity contribution in [3.63, 3.8) is 0 Å². The molecule has 0 aliphatic carbocycles. The molecular weight excluding hydrogens is 220 g/mol. The van der Waals surface area contributed by atoms with Gasteiger partial charge in [0.15, 0.2) is 0 Å². The maximum atomic E-state index is 11.9. The standard InChI is InChI=1S/C12H22N2O3/c1-10-12(16)14(8-6-11(15)13-10)7-4-3-5-9-17-2/h10H,3-9H2,1-2H3,(H,13,15). The van der Waals surface area contributed by atoms with Crippen molar-refractivity contribution in [2.75, 3.05) is 26.8 Å². The van der Waals surface area contributed by atoms with Gasteiger partial charge in [-0.15, -0.1) is 0 Å². The first-order chi connectivity index (χ1) is 8.15. The summed E-state index contributed by atoms with van der Waals surface area (Å²) in [4.78, 5) is 25.0. The first-order valence-electron chi connectivity index (χ1n) is 6.22. The van der Waals surface area contributed by atoms with Crippen LogP contribution in [0.3, 0.4) is 0 Å². The number of nitrogens with zero attached hydrogens (tertiary/aromatic N) is 1. The molecule has 0 aromatic rings. The number of rotatable bonds is 6. The van der Waals surface area contributed by atoms with Crippen molar-refractivity contribution in [3.8, 4) is 0 Å². The fourth-order valence-corrected chi connectivity index (χ4v) is 1.94. The molecule has 1 aliphatic rings. The van der Waals surface area contributed by atoms with Gasteiger partial charge in [0.2, 0.25) is 11.8 Å². The summed E-state index contributed by atoms with van der Waals surface area (Å²) in [6.07, 6.45) is 3.45. The Balaban J connectivity index is 2.30. The number of amides is 2. The number of carbonyl (C=O) groups is 2. The van der Waals surface area contributed by atoms with Gasteiger partial charge in [-0.05, 0) is 26.2 Å². The molecule has 2 amide bonds. The molecule has 1 fully saturated rings. The third-order valence-corrected chi connectivity index (χ3v) is 2.94. The van der Waals surface area contributed by atoms with E-state index in [9.17, 15) is 9.59 Å². The van der Waals surface area contributed by atoms with Gasteiger partial charge >= 0.3 is 0 Å². The lowest BCUT2D eigenvalue weighted by Gasteiger charge is -2.22. The molecule has 5 heteroatoms. The minimum atomic E-state index is -0.385. The molecule has 0 spiro atoms. The van der Waals surface area contributed by atoms with Crippen LogP contribution in [-0.2, 0) is 14.3 Å². The van der Waals surface area contributed by atoms with Crippen LogP contribution in [0.15, 0.2) is 0 Å². The van der Waals surface area contributed by atoms with E-state index in [4.69, 9.17) is 4.74 Å². The monoisotopic (exact) mass is 242 g/mol. The molecule has 0 radical (unpaired) electrons. The number of hydrogen-bond acceptors (Lipinski definition) is 3. The second kappa shape index (κ2) is 7.27. The van der Waals surface area contributed by atoms with Crippen molar-refractivity contribution in [1.29, 1.82) is 0 Å². The maximum absolute atomic E-state index is 11.9. The van der Waals surface area contributed by atoms with Gasteiger partial charge in [0, 0.05) is 33.2 Å². The van der Waals surface area contributed by atoms with Gasteiger partial charge in [0.25, 0.3) is 0 Å². The summed E-state index contributed by atoms with van der Waals surface area (Å²) in [7, 11) is 1.69. The van der Waals surface area contributed by atoms with Crippen LogP contribution >= 0.6 is 0 Å². The lowest BCUT2D eigenvalue weighted by atomic mass is 10.2. The average molecular weight is 242 g/mol. The van der Waals surface area contributed by atoms with E-state index in [-0.39, 0.29) is 17.9 Å². The number of unbranched alkanes of at least 4 members (excludes halogenated alkanes) is 2. The molecule has 1 rings (SSSR count). The van der Waals surface area contributed by atoms with Crippen molar-refractivity contribution < 1.29 is 14.3 Å². The number of nitrogens with one attached hydrogen (secondary N) is 1. The molecule has 1 atom stereocenters. The third kappa shape index (κ3) is 4.73. The molecule has 1 heterocycles. The van der Waals surface area contributed by atoms with E-state index in [1.54, 1.807) is 18.9 Å². The van der Waals surface area contributed by atoms with Crippen molar-refractivity contribution in [2.24, 2.45) is 0 Å². The quantitative estimate of drug-likeness (QED) is 0.692. The van der Waals surface area contributed by atoms with Crippen molar-refractivity contribution in [2.45, 2.75) is 38.6 Å². The Morgan fingerprint density at radius 2 is 2.12 bits per heavy atom. The average Bonchev–Trinajstić information content (AvgIpc) is 2.42. The highest BCUT2D eigenvalue weighted by Gasteiger charge is 2.25. The van der Waals surface area contributed by atoms with Gasteiger partial charge in [-0.25, -0.2) is 0 Å². The Bertz CT molecular complexity index is 268. The normalized spacial score (nSPS) is 21.3. The Hall–Kier alpha value is -1.10. The van der Waals surface area contributed by atoms with Gasteiger partial charge < -0.3 is 15.0 Å². The second-order valence-electron chi connectivity index (χ2n) is 4.42. The van der Waals surface area contributed by atoms with E-state index in [2.05, 4.69) is 5.32 Å². The fraction of sp³-hybridized carbons (Fsp3) is 0.833. The van der Waals surface area contributed by atoms with E-state index < -0.39 is 0 Å². The van der Waals surface area contributed by atoms with Crippen molar-refractivity contribution >= 4 is 11.8 Å². The van der Waals surface area contributed by atoms with Crippen LogP contribution in [0.4, 0.5) is 0 Å².